The molecule has 0 amide bonds. The minimum atomic E-state index is -0.685. The Morgan fingerprint density at radius 3 is 2.43 bits per heavy atom. The van der Waals surface area contributed by atoms with Crippen molar-refractivity contribution in [3.63, 3.8) is 0 Å². The first kappa shape index (κ1) is 17.8. The Hall–Kier alpha value is -1.24. The quantitative estimate of drug-likeness (QED) is 0.638. The van der Waals surface area contributed by atoms with E-state index in [1.54, 1.807) is 7.11 Å². The Morgan fingerprint density at radius 1 is 1.10 bits per heavy atom. The van der Waals surface area contributed by atoms with Gasteiger partial charge in [0.25, 0.3) is 0 Å². The Labute approximate surface area is 124 Å². The molecule has 21 heavy (non-hydrogen) atoms. The second kappa shape index (κ2) is 10.5. The van der Waals surface area contributed by atoms with Crippen molar-refractivity contribution in [1.29, 1.82) is 0 Å². The second-order valence-corrected chi connectivity index (χ2v) is 4.46. The van der Waals surface area contributed by atoms with E-state index in [9.17, 15) is 8.78 Å². The van der Waals surface area contributed by atoms with Crippen molar-refractivity contribution in [3.8, 4) is 5.75 Å². The molecule has 120 valence electrons. The van der Waals surface area contributed by atoms with E-state index in [0.29, 0.717) is 44.9 Å². The van der Waals surface area contributed by atoms with Gasteiger partial charge in [-0.1, -0.05) is 0 Å². The minimum absolute atomic E-state index is 0.222. The van der Waals surface area contributed by atoms with Crippen molar-refractivity contribution >= 4 is 0 Å². The predicted molar refractivity (Wildman–Crippen MR) is 76.5 cm³/mol. The molecule has 1 rings (SSSR count). The zero-order valence-corrected chi connectivity index (χ0v) is 12.6. The smallest absolute Gasteiger partial charge is 0.190 e. The lowest BCUT2D eigenvalue weighted by atomic mass is 10.2. The van der Waals surface area contributed by atoms with E-state index >= 15 is 0 Å². The topological polar surface area (TPSA) is 39.7 Å². The highest BCUT2D eigenvalue weighted by molar-refractivity contribution is 5.31. The Morgan fingerprint density at radius 2 is 1.81 bits per heavy atom. The number of rotatable bonds is 11. The molecule has 0 radical (unpaired) electrons. The average molecular weight is 303 g/mol. The first-order chi connectivity index (χ1) is 10.2. The summed E-state index contributed by atoms with van der Waals surface area (Å²) in [5.74, 6) is -1.70. The molecule has 0 atom stereocenters. The second-order valence-electron chi connectivity index (χ2n) is 4.46. The average Bonchev–Trinajstić information content (AvgIpc) is 2.46. The van der Waals surface area contributed by atoms with Gasteiger partial charge in [0.05, 0.1) is 13.2 Å². The molecule has 6 heteroatoms. The summed E-state index contributed by atoms with van der Waals surface area (Å²) in [6, 6.07) is 2.56. The van der Waals surface area contributed by atoms with Gasteiger partial charge in [0.2, 0.25) is 0 Å². The summed E-state index contributed by atoms with van der Waals surface area (Å²) >= 11 is 0. The molecule has 1 aromatic carbocycles. The summed E-state index contributed by atoms with van der Waals surface area (Å²) in [4.78, 5) is 0. The maximum absolute atomic E-state index is 13.8. The lowest BCUT2D eigenvalue weighted by Gasteiger charge is -2.11. The van der Waals surface area contributed by atoms with Crippen LogP contribution in [0.2, 0.25) is 0 Å². The number of hydrogen-bond acceptors (Lipinski definition) is 4. The van der Waals surface area contributed by atoms with Crippen LogP contribution in [0.25, 0.3) is 0 Å². The van der Waals surface area contributed by atoms with E-state index in [1.807, 2.05) is 6.92 Å². The molecular weight excluding hydrogens is 280 g/mol. The van der Waals surface area contributed by atoms with Gasteiger partial charge >= 0.3 is 0 Å². The number of methoxy groups -OCH3 is 1. The van der Waals surface area contributed by atoms with Crippen LogP contribution in [0.3, 0.4) is 0 Å². The van der Waals surface area contributed by atoms with E-state index in [4.69, 9.17) is 14.2 Å². The van der Waals surface area contributed by atoms with Crippen LogP contribution in [-0.2, 0) is 16.0 Å². The maximum Gasteiger partial charge on any atom is 0.190 e. The number of halogens is 2. The maximum atomic E-state index is 13.8. The summed E-state index contributed by atoms with van der Waals surface area (Å²) in [7, 11) is 1.60. The van der Waals surface area contributed by atoms with Gasteiger partial charge in [0.15, 0.2) is 17.4 Å². The summed E-state index contributed by atoms with van der Waals surface area (Å²) < 4.78 is 42.8. The van der Waals surface area contributed by atoms with Crippen LogP contribution in [0, 0.1) is 11.6 Å². The van der Waals surface area contributed by atoms with Crippen LogP contribution in [0.15, 0.2) is 12.1 Å². The third-order valence-electron chi connectivity index (χ3n) is 2.75. The molecule has 0 bridgehead atoms. The molecule has 0 saturated carbocycles. The fraction of sp³-hybridized carbons (Fsp3) is 0.600. The molecule has 0 spiro atoms. The van der Waals surface area contributed by atoms with Gasteiger partial charge in [-0.05, 0) is 24.6 Å². The Bertz CT molecular complexity index is 393. The van der Waals surface area contributed by atoms with Crippen molar-refractivity contribution in [1.82, 2.24) is 5.32 Å². The molecule has 4 nitrogen and oxygen atoms in total. The summed E-state index contributed by atoms with van der Waals surface area (Å²) in [5, 5.41) is 3.03. The van der Waals surface area contributed by atoms with Crippen molar-refractivity contribution in [2.24, 2.45) is 0 Å². The molecule has 0 unspecified atom stereocenters. The van der Waals surface area contributed by atoms with Crippen LogP contribution >= 0.6 is 0 Å². The first-order valence-corrected chi connectivity index (χ1v) is 7.07. The van der Waals surface area contributed by atoms with Crippen LogP contribution in [-0.4, -0.2) is 40.1 Å². The van der Waals surface area contributed by atoms with Crippen LogP contribution in [0.4, 0.5) is 8.78 Å². The molecule has 0 aliphatic rings. The number of benzene rings is 1. The third kappa shape index (κ3) is 6.84. The molecule has 0 aromatic heterocycles. The van der Waals surface area contributed by atoms with Crippen LogP contribution in [0.1, 0.15) is 18.9 Å². The van der Waals surface area contributed by atoms with Crippen LogP contribution in [0.5, 0.6) is 5.75 Å². The molecule has 0 aliphatic carbocycles. The minimum Gasteiger partial charge on any atom is -0.488 e. The number of ether oxygens (including phenoxy) is 3. The van der Waals surface area contributed by atoms with Gasteiger partial charge in [-0.15, -0.1) is 0 Å². The van der Waals surface area contributed by atoms with E-state index < -0.39 is 11.6 Å². The molecular formula is C15H23F2NO3. The predicted octanol–water partition coefficient (Wildman–Crippen LogP) is 2.51. The third-order valence-corrected chi connectivity index (χ3v) is 2.75. The Balaban J connectivity index is 2.46. The largest absolute Gasteiger partial charge is 0.488 e. The fourth-order valence-corrected chi connectivity index (χ4v) is 1.74. The van der Waals surface area contributed by atoms with E-state index in [-0.39, 0.29) is 12.4 Å². The van der Waals surface area contributed by atoms with Gasteiger partial charge in [0.1, 0.15) is 0 Å². The summed E-state index contributed by atoms with van der Waals surface area (Å²) in [6.45, 7) is 4.79. The molecule has 0 fully saturated rings. The molecule has 1 N–H and O–H groups in total. The Kier molecular flexibility index (Phi) is 8.89. The normalized spacial score (nSPS) is 10.9. The zero-order chi connectivity index (χ0) is 15.5. The van der Waals surface area contributed by atoms with Crippen LogP contribution < -0.4 is 10.1 Å². The van der Waals surface area contributed by atoms with Gasteiger partial charge in [-0.2, -0.15) is 0 Å². The van der Waals surface area contributed by atoms with Gasteiger partial charge in [-0.25, -0.2) is 8.78 Å². The highest BCUT2D eigenvalue weighted by Crippen LogP contribution is 2.23. The molecule has 0 heterocycles. The lowest BCUT2D eigenvalue weighted by Crippen LogP contribution is -2.18. The van der Waals surface area contributed by atoms with Crippen molar-refractivity contribution in [2.45, 2.75) is 19.9 Å². The van der Waals surface area contributed by atoms with Crippen molar-refractivity contribution in [2.75, 3.05) is 40.1 Å². The van der Waals surface area contributed by atoms with E-state index in [0.717, 1.165) is 0 Å². The van der Waals surface area contributed by atoms with Gasteiger partial charge in [-0.3, -0.25) is 0 Å². The van der Waals surface area contributed by atoms with Crippen molar-refractivity contribution < 1.29 is 23.0 Å². The molecule has 0 saturated heterocycles. The monoisotopic (exact) mass is 303 g/mol. The van der Waals surface area contributed by atoms with E-state index in [1.165, 1.54) is 12.1 Å². The first-order valence-electron chi connectivity index (χ1n) is 7.07. The highest BCUT2D eigenvalue weighted by Gasteiger charge is 2.12. The molecule has 0 aliphatic heterocycles. The fourth-order valence-electron chi connectivity index (χ4n) is 1.74. The molecule has 1 aromatic rings. The van der Waals surface area contributed by atoms with Gasteiger partial charge < -0.3 is 19.5 Å². The summed E-state index contributed by atoms with van der Waals surface area (Å²) in [5.41, 5.74) is 0.530. The summed E-state index contributed by atoms with van der Waals surface area (Å²) in [6.07, 6.45) is 0.590. The number of nitrogens with one attached hydrogen (secondary N) is 1. The zero-order valence-electron chi connectivity index (χ0n) is 12.6. The van der Waals surface area contributed by atoms with Gasteiger partial charge in [0, 0.05) is 39.8 Å². The lowest BCUT2D eigenvalue weighted by molar-refractivity contribution is 0.129. The number of hydrogen-bond donors (Lipinski definition) is 1. The SMILES string of the molecule is CCOCCCOc1c(F)cc(CNCCOC)cc1F. The highest BCUT2D eigenvalue weighted by atomic mass is 19.1. The standard InChI is InChI=1S/C15H23F2NO3/c1-3-20-6-4-7-21-15-13(16)9-12(10-14(15)17)11-18-5-8-19-2/h9-10,18H,3-8,11H2,1-2H3. The van der Waals surface area contributed by atoms with Crippen molar-refractivity contribution in [3.05, 3.63) is 29.3 Å². The van der Waals surface area contributed by atoms with E-state index in [2.05, 4.69) is 5.32 Å².